The molecule has 28 heavy (non-hydrogen) atoms. The summed E-state index contributed by atoms with van der Waals surface area (Å²) in [6, 6.07) is 9.20. The average molecular weight is 384 g/mol. The Morgan fingerprint density at radius 3 is 2.39 bits per heavy atom. The Morgan fingerprint density at radius 2 is 1.79 bits per heavy atom. The summed E-state index contributed by atoms with van der Waals surface area (Å²) in [5, 5.41) is 15.1. The van der Waals surface area contributed by atoms with Gasteiger partial charge in [-0.05, 0) is 39.1 Å². The van der Waals surface area contributed by atoms with E-state index in [2.05, 4.69) is 43.0 Å². The van der Waals surface area contributed by atoms with E-state index in [0.717, 1.165) is 23.0 Å². The lowest BCUT2D eigenvalue weighted by molar-refractivity contribution is -0.787. The summed E-state index contributed by atoms with van der Waals surface area (Å²) in [4.78, 5) is 31.2. The van der Waals surface area contributed by atoms with Gasteiger partial charge >= 0.3 is 5.69 Å². The zero-order valence-electron chi connectivity index (χ0n) is 16.9. The summed E-state index contributed by atoms with van der Waals surface area (Å²) in [5.74, 6) is -0.609. The molecule has 1 saturated heterocycles. The van der Waals surface area contributed by atoms with Crippen LogP contribution in [0, 0.1) is 0 Å². The Morgan fingerprint density at radius 1 is 1.18 bits per heavy atom. The number of aromatic nitrogens is 2. The monoisotopic (exact) mass is 384 g/mol. The van der Waals surface area contributed by atoms with Crippen LogP contribution in [0.4, 0.5) is 0 Å². The van der Waals surface area contributed by atoms with Crippen molar-refractivity contribution in [2.24, 2.45) is 4.99 Å². The number of H-pyrrole nitrogens is 1. The molecule has 0 amide bonds. The van der Waals surface area contributed by atoms with Crippen LogP contribution in [0.1, 0.15) is 51.7 Å². The number of nitrogens with two attached hydrogens (primary N) is 1. The predicted molar refractivity (Wildman–Crippen MR) is 107 cm³/mol. The third kappa shape index (κ3) is 4.59. The van der Waals surface area contributed by atoms with Crippen LogP contribution in [0.25, 0.3) is 0 Å². The van der Waals surface area contributed by atoms with E-state index in [0.29, 0.717) is 0 Å². The van der Waals surface area contributed by atoms with Gasteiger partial charge in [-0.1, -0.05) is 30.3 Å². The van der Waals surface area contributed by atoms with Crippen LogP contribution in [0.15, 0.2) is 44.9 Å². The quantitative estimate of drug-likeness (QED) is 0.743. The maximum absolute atomic E-state index is 12.8. The first-order chi connectivity index (χ1) is 13.1. The van der Waals surface area contributed by atoms with E-state index in [1.54, 1.807) is 0 Å². The van der Waals surface area contributed by atoms with Crippen LogP contribution in [0.5, 0.6) is 5.88 Å². The SMILES string of the molecule is CC1(C)CC(N=Cc2c([O-])n(Cc3ccccc3)c(=O)[nH]c2=O)CC(C)(C)[NH2+]1. The molecule has 150 valence electrons. The fraction of sp³-hybridized carbons (Fsp3) is 0.476. The van der Waals surface area contributed by atoms with Gasteiger partial charge in [0, 0.05) is 19.1 Å². The minimum absolute atomic E-state index is 0.0169. The summed E-state index contributed by atoms with van der Waals surface area (Å²) < 4.78 is 1.04. The molecule has 1 aliphatic heterocycles. The fourth-order valence-corrected chi connectivity index (χ4v) is 4.34. The number of aliphatic imine (C=N–C) groups is 1. The van der Waals surface area contributed by atoms with Gasteiger partial charge in [-0.25, -0.2) is 4.79 Å². The second-order valence-electron chi connectivity index (χ2n) is 9.01. The Hall–Kier alpha value is -2.67. The van der Waals surface area contributed by atoms with Gasteiger partial charge in [0.15, 0.2) is 0 Å². The van der Waals surface area contributed by atoms with E-state index in [4.69, 9.17) is 0 Å². The minimum Gasteiger partial charge on any atom is -0.859 e. The minimum atomic E-state index is -0.703. The molecule has 2 aromatic rings. The number of piperidine rings is 1. The summed E-state index contributed by atoms with van der Waals surface area (Å²) >= 11 is 0. The number of quaternary nitrogens is 1. The van der Waals surface area contributed by atoms with E-state index >= 15 is 0 Å². The lowest BCUT2D eigenvalue weighted by Crippen LogP contribution is -3.05. The third-order valence-corrected chi connectivity index (χ3v) is 5.09. The van der Waals surface area contributed by atoms with Crippen molar-refractivity contribution >= 4 is 6.21 Å². The zero-order chi connectivity index (χ0) is 20.5. The van der Waals surface area contributed by atoms with Gasteiger partial charge in [-0.2, -0.15) is 0 Å². The highest BCUT2D eigenvalue weighted by Crippen LogP contribution is 2.24. The molecule has 0 radical (unpaired) electrons. The van der Waals surface area contributed by atoms with E-state index in [1.807, 2.05) is 30.3 Å². The molecule has 0 saturated carbocycles. The molecule has 1 aromatic carbocycles. The fourth-order valence-electron chi connectivity index (χ4n) is 4.34. The first-order valence-corrected chi connectivity index (χ1v) is 9.55. The standard InChI is InChI=1S/C21H28N4O3/c1-20(2)10-15(11-21(3,4)24-20)22-12-16-17(26)23-19(28)25(18(16)27)13-14-8-6-5-7-9-14/h5-9,12,15,24,27H,10-11,13H2,1-4H3,(H,23,26,28). The number of nitrogens with one attached hydrogen (secondary N) is 1. The molecule has 3 N–H and O–H groups in total. The van der Waals surface area contributed by atoms with Gasteiger partial charge in [0.05, 0.1) is 29.2 Å². The van der Waals surface area contributed by atoms with Crippen molar-refractivity contribution in [1.82, 2.24) is 9.55 Å². The zero-order valence-corrected chi connectivity index (χ0v) is 16.9. The molecule has 0 aliphatic carbocycles. The molecular formula is C21H28N4O3. The molecule has 0 spiro atoms. The first kappa shape index (κ1) is 20.1. The molecular weight excluding hydrogens is 356 g/mol. The van der Waals surface area contributed by atoms with Gasteiger partial charge in [-0.15, -0.1) is 0 Å². The molecule has 2 heterocycles. The van der Waals surface area contributed by atoms with Gasteiger partial charge in [0.1, 0.15) is 0 Å². The van der Waals surface area contributed by atoms with Crippen molar-refractivity contribution in [3.05, 3.63) is 62.3 Å². The largest absolute Gasteiger partial charge is 0.859 e. The smallest absolute Gasteiger partial charge is 0.328 e. The van der Waals surface area contributed by atoms with Crippen LogP contribution in [-0.2, 0) is 6.54 Å². The van der Waals surface area contributed by atoms with Crippen molar-refractivity contribution in [3.63, 3.8) is 0 Å². The average Bonchev–Trinajstić information content (AvgIpc) is 2.56. The molecule has 1 aliphatic rings. The highest BCUT2D eigenvalue weighted by atomic mass is 16.3. The van der Waals surface area contributed by atoms with Crippen molar-refractivity contribution < 1.29 is 10.4 Å². The van der Waals surface area contributed by atoms with Gasteiger partial charge in [-0.3, -0.25) is 14.8 Å². The highest BCUT2D eigenvalue weighted by Gasteiger charge is 2.41. The molecule has 7 nitrogen and oxygen atoms in total. The Bertz CT molecular complexity index is 971. The van der Waals surface area contributed by atoms with Crippen LogP contribution in [-0.4, -0.2) is 32.9 Å². The van der Waals surface area contributed by atoms with Crippen molar-refractivity contribution in [2.75, 3.05) is 0 Å². The normalized spacial score (nSPS) is 19.1. The molecule has 7 heteroatoms. The van der Waals surface area contributed by atoms with Crippen LogP contribution in [0.2, 0.25) is 0 Å². The number of hydrogen-bond acceptors (Lipinski definition) is 4. The Balaban J connectivity index is 1.92. The first-order valence-electron chi connectivity index (χ1n) is 9.55. The van der Waals surface area contributed by atoms with Crippen LogP contribution in [0.3, 0.4) is 0 Å². The predicted octanol–water partition coefficient (Wildman–Crippen LogP) is 0.360. The number of benzene rings is 1. The van der Waals surface area contributed by atoms with Gasteiger partial charge in [0.25, 0.3) is 5.56 Å². The Labute approximate surface area is 164 Å². The topological polar surface area (TPSA) is 107 Å². The van der Waals surface area contributed by atoms with Crippen molar-refractivity contribution in [2.45, 2.75) is 64.2 Å². The van der Waals surface area contributed by atoms with Gasteiger partial charge < -0.3 is 15.0 Å². The third-order valence-electron chi connectivity index (χ3n) is 5.09. The van der Waals surface area contributed by atoms with Crippen molar-refractivity contribution in [3.8, 4) is 5.88 Å². The Kier molecular flexibility index (Phi) is 5.30. The lowest BCUT2D eigenvalue weighted by Gasteiger charge is -2.41. The molecule has 0 atom stereocenters. The van der Waals surface area contributed by atoms with Crippen LogP contribution < -0.4 is 21.7 Å². The second kappa shape index (κ2) is 7.39. The number of rotatable bonds is 4. The van der Waals surface area contributed by atoms with E-state index in [9.17, 15) is 14.7 Å². The van der Waals surface area contributed by atoms with E-state index in [-0.39, 0.29) is 29.2 Å². The summed E-state index contributed by atoms with van der Waals surface area (Å²) in [6.45, 7) is 8.78. The van der Waals surface area contributed by atoms with E-state index < -0.39 is 17.1 Å². The molecule has 3 rings (SSSR count). The second-order valence-corrected chi connectivity index (χ2v) is 9.01. The van der Waals surface area contributed by atoms with E-state index in [1.165, 1.54) is 6.21 Å². The highest BCUT2D eigenvalue weighted by molar-refractivity contribution is 5.81. The molecule has 0 unspecified atom stereocenters. The van der Waals surface area contributed by atoms with Crippen molar-refractivity contribution in [1.29, 1.82) is 0 Å². The number of aromatic amines is 1. The summed E-state index contributed by atoms with van der Waals surface area (Å²) in [6.07, 6.45) is 3.05. The molecule has 1 aromatic heterocycles. The summed E-state index contributed by atoms with van der Waals surface area (Å²) in [7, 11) is 0. The number of hydrogen-bond donors (Lipinski definition) is 2. The molecule has 0 bridgehead atoms. The number of nitrogens with zero attached hydrogens (tertiary/aromatic N) is 2. The molecule has 1 fully saturated rings. The maximum Gasteiger partial charge on any atom is 0.328 e. The lowest BCUT2D eigenvalue weighted by atomic mass is 9.80. The van der Waals surface area contributed by atoms with Crippen LogP contribution >= 0.6 is 0 Å². The van der Waals surface area contributed by atoms with Gasteiger partial charge in [0.2, 0.25) is 0 Å². The maximum atomic E-state index is 12.8. The summed E-state index contributed by atoms with van der Waals surface area (Å²) in [5.41, 5.74) is -0.622.